The summed E-state index contributed by atoms with van der Waals surface area (Å²) in [5.41, 5.74) is -0.840. The first-order valence-corrected chi connectivity index (χ1v) is 10.2. The molecule has 4 fully saturated rings. The Morgan fingerprint density at radius 3 is 2.24 bits per heavy atom. The number of nitrogens with zero attached hydrogens (tertiary/aromatic N) is 2. The Kier molecular flexibility index (Phi) is 3.95. The second kappa shape index (κ2) is 5.70. The molecule has 5 nitrogen and oxygen atoms in total. The molecule has 0 radical (unpaired) electrons. The number of carbonyl (C=O) groups excluding carboxylic acids is 2. The molecule has 0 aromatic heterocycles. The van der Waals surface area contributed by atoms with Gasteiger partial charge in [0.1, 0.15) is 0 Å². The SMILES string of the molecule is CC(C)(C)C(=O)N1CCC2(CC1)NC1(CCCC1)C(=O)N2CC1CC1. The van der Waals surface area contributed by atoms with Crippen LogP contribution in [0.4, 0.5) is 0 Å². The molecule has 2 saturated heterocycles. The Labute approximate surface area is 151 Å². The highest BCUT2D eigenvalue weighted by atomic mass is 16.2. The van der Waals surface area contributed by atoms with Gasteiger partial charge in [-0.05, 0) is 31.6 Å². The lowest BCUT2D eigenvalue weighted by atomic mass is 9.90. The van der Waals surface area contributed by atoms with Gasteiger partial charge in [0.25, 0.3) is 0 Å². The minimum atomic E-state index is -0.330. The maximum atomic E-state index is 13.3. The van der Waals surface area contributed by atoms with Gasteiger partial charge in [0, 0.05) is 37.9 Å². The third-order valence-corrected chi connectivity index (χ3v) is 6.76. The predicted octanol–water partition coefficient (Wildman–Crippen LogP) is 2.51. The molecule has 4 aliphatic rings. The molecule has 2 spiro atoms. The van der Waals surface area contributed by atoms with Gasteiger partial charge in [-0.25, -0.2) is 0 Å². The van der Waals surface area contributed by atoms with E-state index in [1.165, 1.54) is 12.8 Å². The van der Waals surface area contributed by atoms with Gasteiger partial charge in [-0.3, -0.25) is 14.9 Å². The van der Waals surface area contributed by atoms with Crippen molar-refractivity contribution in [3.63, 3.8) is 0 Å². The largest absolute Gasteiger partial charge is 0.342 e. The summed E-state index contributed by atoms with van der Waals surface area (Å²) in [5.74, 6) is 1.29. The number of hydrogen-bond acceptors (Lipinski definition) is 3. The van der Waals surface area contributed by atoms with E-state index in [2.05, 4.69) is 10.2 Å². The summed E-state index contributed by atoms with van der Waals surface area (Å²) in [5, 5.41) is 3.85. The molecule has 2 saturated carbocycles. The average Bonchev–Trinajstić information content (AvgIpc) is 3.23. The lowest BCUT2D eigenvalue weighted by Crippen LogP contribution is -2.61. The van der Waals surface area contributed by atoms with Gasteiger partial charge in [-0.15, -0.1) is 0 Å². The van der Waals surface area contributed by atoms with E-state index in [9.17, 15) is 9.59 Å². The van der Waals surface area contributed by atoms with E-state index in [1.54, 1.807) is 0 Å². The second-order valence-electron chi connectivity index (χ2n) is 9.85. The Balaban J connectivity index is 1.53. The molecule has 0 atom stereocenters. The number of carbonyl (C=O) groups is 2. The predicted molar refractivity (Wildman–Crippen MR) is 96.8 cm³/mol. The number of nitrogens with one attached hydrogen (secondary N) is 1. The standard InChI is InChI=1S/C20H33N3O2/c1-18(2,3)16(24)22-12-10-20(11-13-22)21-19(8-4-5-9-19)17(25)23(20)14-15-6-7-15/h15,21H,4-14H2,1-3H3. The quantitative estimate of drug-likeness (QED) is 0.835. The number of rotatable bonds is 2. The van der Waals surface area contributed by atoms with Crippen LogP contribution in [0.2, 0.25) is 0 Å². The summed E-state index contributed by atoms with van der Waals surface area (Å²) >= 11 is 0. The van der Waals surface area contributed by atoms with Crippen molar-refractivity contribution in [2.75, 3.05) is 19.6 Å². The molecule has 2 aliphatic heterocycles. The summed E-state index contributed by atoms with van der Waals surface area (Å²) in [6.07, 6.45) is 8.55. The minimum Gasteiger partial charge on any atom is -0.342 e. The Morgan fingerprint density at radius 2 is 1.72 bits per heavy atom. The van der Waals surface area contributed by atoms with Crippen molar-refractivity contribution in [3.05, 3.63) is 0 Å². The number of likely N-dealkylation sites (tertiary alicyclic amines) is 1. The Morgan fingerprint density at radius 1 is 1.12 bits per heavy atom. The minimum absolute atomic E-state index is 0.210. The molecule has 5 heteroatoms. The van der Waals surface area contributed by atoms with Crippen molar-refractivity contribution in [1.82, 2.24) is 15.1 Å². The zero-order valence-corrected chi connectivity index (χ0v) is 16.1. The summed E-state index contributed by atoms with van der Waals surface area (Å²) in [4.78, 5) is 30.2. The lowest BCUT2D eigenvalue weighted by Gasteiger charge is -2.46. The number of piperidine rings is 1. The van der Waals surface area contributed by atoms with Crippen molar-refractivity contribution in [2.24, 2.45) is 11.3 Å². The summed E-state index contributed by atoms with van der Waals surface area (Å²) in [7, 11) is 0. The van der Waals surface area contributed by atoms with Crippen LogP contribution in [-0.2, 0) is 9.59 Å². The zero-order chi connectivity index (χ0) is 17.9. The van der Waals surface area contributed by atoms with E-state index in [0.717, 1.165) is 58.2 Å². The number of hydrogen-bond donors (Lipinski definition) is 1. The van der Waals surface area contributed by atoms with Gasteiger partial charge in [0.15, 0.2) is 0 Å². The molecule has 140 valence electrons. The Bertz CT molecular complexity index is 562. The van der Waals surface area contributed by atoms with Gasteiger partial charge in [0.05, 0.1) is 11.2 Å². The zero-order valence-electron chi connectivity index (χ0n) is 16.1. The van der Waals surface area contributed by atoms with E-state index in [4.69, 9.17) is 0 Å². The average molecular weight is 348 g/mol. The number of amides is 2. The lowest BCUT2D eigenvalue weighted by molar-refractivity contribution is -0.143. The molecule has 2 aliphatic carbocycles. The van der Waals surface area contributed by atoms with Crippen molar-refractivity contribution in [3.8, 4) is 0 Å². The fraction of sp³-hybridized carbons (Fsp3) is 0.900. The smallest absolute Gasteiger partial charge is 0.244 e. The fourth-order valence-corrected chi connectivity index (χ4v) is 5.10. The normalized spacial score (nSPS) is 28.4. The molecule has 25 heavy (non-hydrogen) atoms. The fourth-order valence-electron chi connectivity index (χ4n) is 5.10. The second-order valence-corrected chi connectivity index (χ2v) is 9.85. The van der Waals surface area contributed by atoms with Crippen LogP contribution in [0.1, 0.15) is 72.1 Å². The third-order valence-electron chi connectivity index (χ3n) is 6.76. The van der Waals surface area contributed by atoms with Crippen molar-refractivity contribution >= 4 is 11.8 Å². The summed E-state index contributed by atoms with van der Waals surface area (Å²) < 4.78 is 0. The van der Waals surface area contributed by atoms with Gasteiger partial charge in [0.2, 0.25) is 11.8 Å². The van der Waals surface area contributed by atoms with Crippen LogP contribution >= 0.6 is 0 Å². The third kappa shape index (κ3) is 2.88. The maximum Gasteiger partial charge on any atom is 0.244 e. The Hall–Kier alpha value is -1.10. The molecule has 0 aromatic rings. The van der Waals surface area contributed by atoms with E-state index >= 15 is 0 Å². The molecule has 2 amide bonds. The first-order chi connectivity index (χ1) is 11.8. The summed E-state index contributed by atoms with van der Waals surface area (Å²) in [6, 6.07) is 0. The molecule has 4 rings (SSSR count). The summed E-state index contributed by atoms with van der Waals surface area (Å²) in [6.45, 7) is 8.40. The van der Waals surface area contributed by atoms with Gasteiger partial charge in [-0.1, -0.05) is 33.6 Å². The topological polar surface area (TPSA) is 52.7 Å². The molecule has 1 N–H and O–H groups in total. The van der Waals surface area contributed by atoms with Gasteiger partial charge < -0.3 is 9.80 Å². The van der Waals surface area contributed by atoms with Crippen LogP contribution in [0, 0.1) is 11.3 Å². The monoisotopic (exact) mass is 347 g/mol. The highest BCUT2D eigenvalue weighted by Gasteiger charge is 2.60. The van der Waals surface area contributed by atoms with Crippen LogP contribution in [0.3, 0.4) is 0 Å². The molecule has 0 unspecified atom stereocenters. The van der Waals surface area contributed by atoms with E-state index in [1.807, 2.05) is 25.7 Å². The van der Waals surface area contributed by atoms with Crippen molar-refractivity contribution in [1.29, 1.82) is 0 Å². The van der Waals surface area contributed by atoms with Crippen molar-refractivity contribution in [2.45, 2.75) is 83.3 Å². The van der Waals surface area contributed by atoms with E-state index in [-0.39, 0.29) is 22.5 Å². The first kappa shape index (κ1) is 17.3. The van der Waals surface area contributed by atoms with Gasteiger partial charge in [-0.2, -0.15) is 0 Å². The molecular formula is C20H33N3O2. The van der Waals surface area contributed by atoms with Crippen molar-refractivity contribution < 1.29 is 9.59 Å². The van der Waals surface area contributed by atoms with Crippen LogP contribution in [0.15, 0.2) is 0 Å². The maximum absolute atomic E-state index is 13.3. The van der Waals surface area contributed by atoms with Crippen LogP contribution in [0.5, 0.6) is 0 Å². The van der Waals surface area contributed by atoms with Crippen LogP contribution < -0.4 is 5.32 Å². The highest BCUT2D eigenvalue weighted by molar-refractivity contribution is 5.90. The van der Waals surface area contributed by atoms with Gasteiger partial charge >= 0.3 is 0 Å². The molecule has 2 heterocycles. The van der Waals surface area contributed by atoms with Crippen LogP contribution in [0.25, 0.3) is 0 Å². The molecular weight excluding hydrogens is 314 g/mol. The van der Waals surface area contributed by atoms with E-state index in [0.29, 0.717) is 11.8 Å². The first-order valence-electron chi connectivity index (χ1n) is 10.2. The molecule has 0 bridgehead atoms. The molecule has 0 aromatic carbocycles. The van der Waals surface area contributed by atoms with E-state index < -0.39 is 0 Å². The highest BCUT2D eigenvalue weighted by Crippen LogP contribution is 2.45. The van der Waals surface area contributed by atoms with Crippen LogP contribution in [-0.4, -0.2) is 52.5 Å².